The molecule has 3 aromatic rings. The normalized spacial score (nSPS) is 16.5. The Balaban J connectivity index is 1.71. The lowest BCUT2D eigenvalue weighted by Crippen LogP contribution is -2.35. The highest BCUT2D eigenvalue weighted by Gasteiger charge is 2.24. The molecule has 0 aromatic carbocycles. The van der Waals surface area contributed by atoms with Gasteiger partial charge in [0.1, 0.15) is 34.2 Å². The summed E-state index contributed by atoms with van der Waals surface area (Å²) < 4.78 is 0.786. The van der Waals surface area contributed by atoms with Crippen LogP contribution in [0.25, 0.3) is 10.2 Å². The zero-order valence-corrected chi connectivity index (χ0v) is 15.8. The molecular formula is C18H17N9S. The number of nitrogens with one attached hydrogen (secondary N) is 1. The summed E-state index contributed by atoms with van der Waals surface area (Å²) in [6, 6.07) is 6.04. The van der Waals surface area contributed by atoms with Gasteiger partial charge in [-0.15, -0.1) is 0 Å². The number of rotatable bonds is 4. The lowest BCUT2D eigenvalue weighted by atomic mass is 9.96. The molecule has 0 aliphatic carbocycles. The Bertz CT molecular complexity index is 1090. The molecule has 0 bridgehead atoms. The summed E-state index contributed by atoms with van der Waals surface area (Å²) in [5, 5.41) is 22.4. The molecule has 1 unspecified atom stereocenters. The SMILES string of the molecule is N#CCC1CCCN(c2nc3c(C#N)cnc(Nc4cc(N)ncn4)c3s2)C1. The molecule has 1 atom stereocenters. The maximum atomic E-state index is 9.45. The van der Waals surface area contributed by atoms with Crippen molar-refractivity contribution in [2.24, 2.45) is 5.92 Å². The van der Waals surface area contributed by atoms with Gasteiger partial charge in [-0.2, -0.15) is 10.5 Å². The highest BCUT2D eigenvalue weighted by atomic mass is 32.1. The number of nitrogen functional groups attached to an aromatic ring is 1. The third-order valence-electron chi connectivity index (χ3n) is 4.63. The van der Waals surface area contributed by atoms with Crippen LogP contribution in [0.15, 0.2) is 18.6 Å². The number of piperidine rings is 1. The first-order valence-corrected chi connectivity index (χ1v) is 9.65. The first kappa shape index (κ1) is 17.9. The number of nitrogens with zero attached hydrogens (tertiary/aromatic N) is 7. The predicted octanol–water partition coefficient (Wildman–Crippen LogP) is 2.81. The van der Waals surface area contributed by atoms with E-state index in [-0.39, 0.29) is 0 Å². The average Bonchev–Trinajstić information content (AvgIpc) is 3.15. The predicted molar refractivity (Wildman–Crippen MR) is 107 cm³/mol. The van der Waals surface area contributed by atoms with Crippen LogP contribution in [0.1, 0.15) is 24.8 Å². The number of aromatic nitrogens is 4. The van der Waals surface area contributed by atoms with Crippen LogP contribution in [0.3, 0.4) is 0 Å². The third-order valence-corrected chi connectivity index (χ3v) is 5.76. The fraction of sp³-hybridized carbons (Fsp3) is 0.333. The topological polar surface area (TPSA) is 140 Å². The van der Waals surface area contributed by atoms with Crippen LogP contribution in [-0.2, 0) is 0 Å². The molecule has 140 valence electrons. The largest absolute Gasteiger partial charge is 0.384 e. The van der Waals surface area contributed by atoms with Crippen LogP contribution in [0.2, 0.25) is 0 Å². The van der Waals surface area contributed by atoms with Gasteiger partial charge in [0.25, 0.3) is 0 Å². The molecule has 1 fully saturated rings. The summed E-state index contributed by atoms with van der Waals surface area (Å²) in [6.07, 6.45) is 5.51. The molecule has 3 N–H and O–H groups in total. The van der Waals surface area contributed by atoms with Crippen LogP contribution >= 0.6 is 11.3 Å². The van der Waals surface area contributed by atoms with Crippen LogP contribution < -0.4 is 16.0 Å². The van der Waals surface area contributed by atoms with Gasteiger partial charge in [-0.25, -0.2) is 19.9 Å². The Labute approximate surface area is 165 Å². The molecule has 9 nitrogen and oxygen atoms in total. The van der Waals surface area contributed by atoms with Crippen molar-refractivity contribution in [2.45, 2.75) is 19.3 Å². The molecule has 0 spiro atoms. The molecule has 3 aromatic heterocycles. The Kier molecular flexibility index (Phi) is 4.87. The maximum absolute atomic E-state index is 9.45. The number of anilines is 4. The van der Waals surface area contributed by atoms with Gasteiger partial charge in [0.05, 0.1) is 11.6 Å². The van der Waals surface area contributed by atoms with Crippen LogP contribution in [0.5, 0.6) is 0 Å². The fourth-order valence-corrected chi connectivity index (χ4v) is 4.37. The van der Waals surface area contributed by atoms with E-state index in [1.807, 2.05) is 0 Å². The molecule has 0 radical (unpaired) electrons. The summed E-state index contributed by atoms with van der Waals surface area (Å²) in [7, 11) is 0. The molecule has 4 rings (SSSR count). The second kappa shape index (κ2) is 7.62. The Morgan fingerprint density at radius 3 is 3.00 bits per heavy atom. The Morgan fingerprint density at radius 2 is 2.21 bits per heavy atom. The Morgan fingerprint density at radius 1 is 1.32 bits per heavy atom. The fourth-order valence-electron chi connectivity index (χ4n) is 3.30. The highest BCUT2D eigenvalue weighted by Crippen LogP contribution is 2.37. The van der Waals surface area contributed by atoms with Crippen LogP contribution in [-0.4, -0.2) is 33.0 Å². The van der Waals surface area contributed by atoms with Crippen molar-refractivity contribution in [1.82, 2.24) is 19.9 Å². The minimum atomic E-state index is 0.348. The number of hydrogen-bond donors (Lipinski definition) is 2. The number of nitrogens with two attached hydrogens (primary N) is 1. The van der Waals surface area contributed by atoms with Gasteiger partial charge in [-0.1, -0.05) is 11.3 Å². The van der Waals surface area contributed by atoms with Crippen molar-refractivity contribution in [3.05, 3.63) is 24.2 Å². The number of nitriles is 2. The molecule has 1 aliphatic heterocycles. The first-order chi connectivity index (χ1) is 13.7. The third kappa shape index (κ3) is 3.50. The molecule has 4 heterocycles. The lowest BCUT2D eigenvalue weighted by molar-refractivity contribution is 0.422. The van der Waals surface area contributed by atoms with Gasteiger partial charge in [0.15, 0.2) is 10.9 Å². The number of hydrogen-bond acceptors (Lipinski definition) is 10. The number of thiazole rings is 1. The second-order valence-electron chi connectivity index (χ2n) is 6.58. The van der Waals surface area contributed by atoms with Gasteiger partial charge >= 0.3 is 0 Å². The van der Waals surface area contributed by atoms with Crippen molar-refractivity contribution in [2.75, 3.05) is 29.0 Å². The van der Waals surface area contributed by atoms with E-state index in [2.05, 4.69) is 37.3 Å². The minimum absolute atomic E-state index is 0.348. The quantitative estimate of drug-likeness (QED) is 0.686. The van der Waals surface area contributed by atoms with E-state index < -0.39 is 0 Å². The van der Waals surface area contributed by atoms with Gasteiger partial charge in [0.2, 0.25) is 0 Å². The summed E-state index contributed by atoms with van der Waals surface area (Å²) in [4.78, 5) is 19.3. The van der Waals surface area contributed by atoms with Gasteiger partial charge in [-0.3, -0.25) is 0 Å². The highest BCUT2D eigenvalue weighted by molar-refractivity contribution is 7.22. The maximum Gasteiger partial charge on any atom is 0.186 e. The van der Waals surface area contributed by atoms with Crippen molar-refractivity contribution < 1.29 is 0 Å². The minimum Gasteiger partial charge on any atom is -0.384 e. The molecule has 1 aliphatic rings. The summed E-state index contributed by atoms with van der Waals surface area (Å²) >= 11 is 1.48. The van der Waals surface area contributed by atoms with E-state index in [0.29, 0.717) is 40.9 Å². The smallest absolute Gasteiger partial charge is 0.186 e. The van der Waals surface area contributed by atoms with Gasteiger partial charge < -0.3 is 16.0 Å². The van der Waals surface area contributed by atoms with Crippen molar-refractivity contribution in [3.63, 3.8) is 0 Å². The average molecular weight is 391 g/mol. The number of pyridine rings is 1. The molecule has 0 saturated carbocycles. The monoisotopic (exact) mass is 391 g/mol. The van der Waals surface area contributed by atoms with Gasteiger partial charge in [-0.05, 0) is 18.8 Å². The zero-order valence-electron chi connectivity index (χ0n) is 15.0. The van der Waals surface area contributed by atoms with Crippen molar-refractivity contribution in [1.29, 1.82) is 10.5 Å². The van der Waals surface area contributed by atoms with Gasteiger partial charge in [0, 0.05) is 31.8 Å². The number of fused-ring (bicyclic) bond motifs is 1. The molecule has 1 saturated heterocycles. The van der Waals surface area contributed by atoms with E-state index in [1.54, 1.807) is 6.07 Å². The summed E-state index contributed by atoms with van der Waals surface area (Å²) in [5.74, 6) is 1.79. The van der Waals surface area contributed by atoms with E-state index in [4.69, 9.17) is 16.0 Å². The molecular weight excluding hydrogens is 374 g/mol. The van der Waals surface area contributed by atoms with E-state index >= 15 is 0 Å². The molecule has 10 heteroatoms. The summed E-state index contributed by atoms with van der Waals surface area (Å²) in [5.41, 5.74) is 6.76. The van der Waals surface area contributed by atoms with E-state index in [1.165, 1.54) is 23.9 Å². The Hall–Kier alpha value is -3.50. The van der Waals surface area contributed by atoms with Crippen LogP contribution in [0, 0.1) is 28.6 Å². The van der Waals surface area contributed by atoms with Crippen molar-refractivity contribution in [3.8, 4) is 12.1 Å². The standard InChI is InChI=1S/C18H17N9S/c19-4-3-11-2-1-5-27(9-11)18-26-15-12(7-20)8-22-17(16(15)28-18)25-14-6-13(21)23-10-24-14/h6,8,10-11H,1-3,5,9H2,(H3,21,22,23,24,25). The van der Waals surface area contributed by atoms with Crippen LogP contribution in [0.4, 0.5) is 22.6 Å². The second-order valence-corrected chi connectivity index (χ2v) is 7.55. The zero-order chi connectivity index (χ0) is 19.5. The molecule has 28 heavy (non-hydrogen) atoms. The summed E-state index contributed by atoms with van der Waals surface area (Å²) in [6.45, 7) is 1.69. The van der Waals surface area contributed by atoms with E-state index in [9.17, 15) is 5.26 Å². The van der Waals surface area contributed by atoms with E-state index in [0.717, 1.165) is 35.8 Å². The lowest BCUT2D eigenvalue weighted by Gasteiger charge is -2.31. The first-order valence-electron chi connectivity index (χ1n) is 8.84. The van der Waals surface area contributed by atoms with Crippen molar-refractivity contribution >= 4 is 44.1 Å². The molecule has 0 amide bonds.